The summed E-state index contributed by atoms with van der Waals surface area (Å²) in [5.41, 5.74) is 2.02. The Balaban J connectivity index is 1.63. The zero-order valence-electron chi connectivity index (χ0n) is 21.1. The van der Waals surface area contributed by atoms with Crippen LogP contribution < -0.4 is 5.32 Å². The third kappa shape index (κ3) is 4.84. The Morgan fingerprint density at radius 2 is 1.89 bits per heavy atom. The molecule has 1 aromatic carbocycles. The van der Waals surface area contributed by atoms with E-state index < -0.39 is 27.8 Å². The Hall–Kier alpha value is -2.98. The highest BCUT2D eigenvalue weighted by molar-refractivity contribution is 7.89. The fourth-order valence-electron chi connectivity index (χ4n) is 4.92. The number of carbonyl (C=O) groups is 1. The van der Waals surface area contributed by atoms with Crippen LogP contribution in [0, 0.1) is 0 Å². The van der Waals surface area contributed by atoms with Crippen LogP contribution in [0.4, 0.5) is 4.79 Å². The molecule has 9 nitrogen and oxygen atoms in total. The van der Waals surface area contributed by atoms with Crippen molar-refractivity contribution in [2.75, 3.05) is 13.1 Å². The van der Waals surface area contributed by atoms with Gasteiger partial charge in [-0.15, -0.1) is 0 Å². The molecule has 36 heavy (non-hydrogen) atoms. The number of benzene rings is 1. The summed E-state index contributed by atoms with van der Waals surface area (Å²) in [7, 11) is -3.73. The molecule has 3 aromatic rings. The van der Waals surface area contributed by atoms with Gasteiger partial charge in [-0.3, -0.25) is 4.90 Å². The van der Waals surface area contributed by atoms with E-state index in [0.29, 0.717) is 30.0 Å². The van der Waals surface area contributed by atoms with E-state index in [1.165, 1.54) is 10.3 Å². The maximum absolute atomic E-state index is 13.6. The van der Waals surface area contributed by atoms with Crippen molar-refractivity contribution in [2.24, 2.45) is 0 Å². The van der Waals surface area contributed by atoms with Crippen LogP contribution in [-0.2, 0) is 20.5 Å². The Morgan fingerprint density at radius 1 is 1.17 bits per heavy atom. The summed E-state index contributed by atoms with van der Waals surface area (Å²) in [4.78, 5) is 24.0. The van der Waals surface area contributed by atoms with Gasteiger partial charge < -0.3 is 10.1 Å². The van der Waals surface area contributed by atoms with Gasteiger partial charge in [0, 0.05) is 30.7 Å². The Labute approximate surface area is 211 Å². The number of amides is 1. The van der Waals surface area contributed by atoms with Crippen molar-refractivity contribution >= 4 is 27.1 Å². The summed E-state index contributed by atoms with van der Waals surface area (Å²) in [6, 6.07) is 8.60. The second-order valence-corrected chi connectivity index (χ2v) is 12.6. The molecule has 0 radical (unpaired) electrons. The van der Waals surface area contributed by atoms with Crippen LogP contribution in [0.15, 0.2) is 42.9 Å². The molecule has 1 aliphatic carbocycles. The molecule has 0 spiro atoms. The molecule has 2 fully saturated rings. The quantitative estimate of drug-likeness (QED) is 0.553. The van der Waals surface area contributed by atoms with E-state index in [1.54, 1.807) is 23.2 Å². The maximum atomic E-state index is 13.6. The number of hydrogen-bond acceptors (Lipinski definition) is 7. The number of rotatable bonds is 5. The highest BCUT2D eigenvalue weighted by Gasteiger charge is 2.40. The molecule has 2 aliphatic rings. The van der Waals surface area contributed by atoms with Crippen molar-refractivity contribution in [1.29, 1.82) is 0 Å². The van der Waals surface area contributed by atoms with Crippen molar-refractivity contribution in [1.82, 2.24) is 24.2 Å². The first-order chi connectivity index (χ1) is 17.0. The summed E-state index contributed by atoms with van der Waals surface area (Å²) in [6.45, 7) is 8.63. The second kappa shape index (κ2) is 9.15. The van der Waals surface area contributed by atoms with E-state index in [0.717, 1.165) is 23.8 Å². The van der Waals surface area contributed by atoms with Gasteiger partial charge in [-0.25, -0.2) is 27.2 Å². The topological polar surface area (TPSA) is 106 Å². The number of nitrogens with zero attached hydrogens (tertiary/aromatic N) is 4. The normalized spacial score (nSPS) is 21.1. The number of carbonyl (C=O) groups excluding carboxylic acids is 1. The predicted molar refractivity (Wildman–Crippen MR) is 137 cm³/mol. The number of hydrogen-bond donors (Lipinski definition) is 1. The van der Waals surface area contributed by atoms with Gasteiger partial charge in [0.15, 0.2) is 5.65 Å². The molecule has 5 rings (SSSR count). The van der Waals surface area contributed by atoms with Crippen molar-refractivity contribution in [3.8, 4) is 0 Å². The molecule has 1 saturated heterocycles. The minimum atomic E-state index is -3.73. The van der Waals surface area contributed by atoms with Gasteiger partial charge in [0.2, 0.25) is 10.0 Å². The molecule has 1 aliphatic heterocycles. The summed E-state index contributed by atoms with van der Waals surface area (Å²) >= 11 is 0. The van der Waals surface area contributed by atoms with Gasteiger partial charge in [0.25, 0.3) is 0 Å². The lowest BCUT2D eigenvalue weighted by atomic mass is 9.97. The number of aromatic nitrogens is 3. The molecule has 192 valence electrons. The molecular formula is C26H33N5O4S. The first-order valence-electron chi connectivity index (χ1n) is 12.4. The first kappa shape index (κ1) is 24.7. The van der Waals surface area contributed by atoms with Crippen molar-refractivity contribution in [3.63, 3.8) is 0 Å². The minimum absolute atomic E-state index is 0.110. The number of piperazine rings is 1. The predicted octanol–water partition coefficient (Wildman–Crippen LogP) is 3.96. The van der Waals surface area contributed by atoms with E-state index in [-0.39, 0.29) is 17.7 Å². The lowest BCUT2D eigenvalue weighted by Crippen LogP contribution is -2.54. The summed E-state index contributed by atoms with van der Waals surface area (Å²) in [5, 5.41) is 4.17. The standard InChI is InChI=1S/C26H33N5O4S/c1-17-23(30(13-12-27-17)25(32)35-26(2,3)4)22-21-20(19-10-11-19)14-31(24(21)29-16-28-22)36(33,34)15-18-8-6-5-7-9-18/h5-9,14,16-17,19,23,27H,10-13,15H2,1-4H3. The molecule has 1 N–H and O–H groups in total. The van der Waals surface area contributed by atoms with Crippen LogP contribution in [-0.4, -0.2) is 58.1 Å². The summed E-state index contributed by atoms with van der Waals surface area (Å²) in [5.74, 6) is 0.124. The van der Waals surface area contributed by atoms with E-state index in [1.807, 2.05) is 45.9 Å². The molecule has 2 atom stereocenters. The average Bonchev–Trinajstić information content (AvgIpc) is 3.57. The smallest absolute Gasteiger partial charge is 0.410 e. The number of ether oxygens (including phenoxy) is 1. The van der Waals surface area contributed by atoms with Gasteiger partial charge in [-0.2, -0.15) is 0 Å². The van der Waals surface area contributed by atoms with Crippen LogP contribution in [0.3, 0.4) is 0 Å². The second-order valence-electron chi connectivity index (χ2n) is 10.7. The first-order valence-corrected chi connectivity index (χ1v) is 14.0. The largest absolute Gasteiger partial charge is 0.444 e. The Morgan fingerprint density at radius 3 is 2.56 bits per heavy atom. The van der Waals surface area contributed by atoms with Gasteiger partial charge in [-0.05, 0) is 57.6 Å². The van der Waals surface area contributed by atoms with Crippen molar-refractivity contribution < 1.29 is 17.9 Å². The lowest BCUT2D eigenvalue weighted by molar-refractivity contribution is 0.00595. The zero-order valence-corrected chi connectivity index (χ0v) is 22.0. The number of nitrogens with one attached hydrogen (secondary N) is 1. The molecular weight excluding hydrogens is 478 g/mol. The molecule has 2 unspecified atom stereocenters. The summed E-state index contributed by atoms with van der Waals surface area (Å²) < 4.78 is 34.1. The van der Waals surface area contributed by atoms with Crippen LogP contribution in [0.25, 0.3) is 11.0 Å². The van der Waals surface area contributed by atoms with Crippen molar-refractivity contribution in [2.45, 2.75) is 69.9 Å². The van der Waals surface area contributed by atoms with E-state index in [9.17, 15) is 13.2 Å². The molecule has 10 heteroatoms. The Kier molecular flexibility index (Phi) is 6.28. The van der Waals surface area contributed by atoms with Crippen LogP contribution >= 0.6 is 0 Å². The van der Waals surface area contributed by atoms with Gasteiger partial charge >= 0.3 is 6.09 Å². The SMILES string of the molecule is CC1NCCN(C(=O)OC(C)(C)C)C1c1ncnc2c1c(C1CC1)cn2S(=O)(=O)Cc1ccccc1. The fraction of sp³-hybridized carbons (Fsp3) is 0.500. The van der Waals surface area contributed by atoms with Gasteiger partial charge in [0.05, 0.1) is 17.5 Å². The van der Waals surface area contributed by atoms with Crippen LogP contribution in [0.5, 0.6) is 0 Å². The lowest BCUT2D eigenvalue weighted by Gasteiger charge is -2.40. The molecule has 1 saturated carbocycles. The van der Waals surface area contributed by atoms with Crippen LogP contribution in [0.2, 0.25) is 0 Å². The highest BCUT2D eigenvalue weighted by atomic mass is 32.2. The van der Waals surface area contributed by atoms with Crippen molar-refractivity contribution in [3.05, 3.63) is 59.7 Å². The summed E-state index contributed by atoms with van der Waals surface area (Å²) in [6.07, 6.45) is 4.69. The third-order valence-electron chi connectivity index (χ3n) is 6.66. The van der Waals surface area contributed by atoms with Crippen LogP contribution in [0.1, 0.15) is 69.3 Å². The van der Waals surface area contributed by atoms with E-state index >= 15 is 0 Å². The zero-order chi connectivity index (χ0) is 25.7. The molecule has 1 amide bonds. The number of fused-ring (bicyclic) bond motifs is 1. The van der Waals surface area contributed by atoms with E-state index in [2.05, 4.69) is 15.3 Å². The minimum Gasteiger partial charge on any atom is -0.444 e. The van der Waals surface area contributed by atoms with Gasteiger partial charge in [-0.1, -0.05) is 30.3 Å². The van der Waals surface area contributed by atoms with Gasteiger partial charge in [0.1, 0.15) is 11.9 Å². The molecule has 0 bridgehead atoms. The van der Waals surface area contributed by atoms with E-state index in [4.69, 9.17) is 4.74 Å². The third-order valence-corrected chi connectivity index (χ3v) is 8.23. The highest BCUT2D eigenvalue weighted by Crippen LogP contribution is 2.46. The Bertz CT molecular complexity index is 1380. The molecule has 2 aromatic heterocycles. The average molecular weight is 512 g/mol. The monoisotopic (exact) mass is 511 g/mol. The maximum Gasteiger partial charge on any atom is 0.410 e. The fourth-order valence-corrected chi connectivity index (χ4v) is 6.35. The molecule has 3 heterocycles.